The van der Waals surface area contributed by atoms with Crippen LogP contribution in [0.3, 0.4) is 0 Å². The summed E-state index contributed by atoms with van der Waals surface area (Å²) in [4.78, 5) is 12.9. The molecule has 0 saturated carbocycles. The van der Waals surface area contributed by atoms with Gasteiger partial charge in [0.15, 0.2) is 0 Å². The highest BCUT2D eigenvalue weighted by Gasteiger charge is 2.31. The van der Waals surface area contributed by atoms with Gasteiger partial charge in [0.1, 0.15) is 6.04 Å². The molecule has 0 unspecified atom stereocenters. The number of halogens is 1. The van der Waals surface area contributed by atoms with Crippen LogP contribution in [0.5, 0.6) is 0 Å². The van der Waals surface area contributed by atoms with Gasteiger partial charge in [-0.1, -0.05) is 24.6 Å². The third kappa shape index (κ3) is 4.99. The van der Waals surface area contributed by atoms with Crippen molar-refractivity contribution >= 4 is 38.9 Å². The number of nitrogens with zero attached hydrogens (tertiary/aromatic N) is 1. The molecule has 2 aromatic rings. The Morgan fingerprint density at radius 2 is 1.65 bits per heavy atom. The molecule has 26 heavy (non-hydrogen) atoms. The van der Waals surface area contributed by atoms with Crippen LogP contribution in [0.1, 0.15) is 24.5 Å². The standard InChI is InChI=1S/C19H23ClN2O3S/c1-5-18(19(23)21-16-11-13(2)10-14(3)12-16)22(26(4,24)25)17-8-6-15(20)7-9-17/h6-12,18H,5H2,1-4H3,(H,21,23)/t18-/m0/s1. The quantitative estimate of drug-likeness (QED) is 0.800. The molecule has 5 nitrogen and oxygen atoms in total. The molecule has 140 valence electrons. The van der Waals surface area contributed by atoms with Crippen LogP contribution in [0.15, 0.2) is 42.5 Å². The number of carbonyl (C=O) groups is 1. The SMILES string of the molecule is CC[C@@H](C(=O)Nc1cc(C)cc(C)c1)N(c1ccc(Cl)cc1)S(C)(=O)=O. The van der Waals surface area contributed by atoms with Crippen molar-refractivity contribution in [2.24, 2.45) is 0 Å². The fraction of sp³-hybridized carbons (Fsp3) is 0.316. The van der Waals surface area contributed by atoms with E-state index >= 15 is 0 Å². The van der Waals surface area contributed by atoms with Crippen molar-refractivity contribution in [1.82, 2.24) is 0 Å². The lowest BCUT2D eigenvalue weighted by Gasteiger charge is -2.30. The van der Waals surface area contributed by atoms with Gasteiger partial charge in [-0.15, -0.1) is 0 Å². The molecule has 0 aromatic heterocycles. The minimum Gasteiger partial charge on any atom is -0.324 e. The van der Waals surface area contributed by atoms with Crippen molar-refractivity contribution in [3.63, 3.8) is 0 Å². The molecule has 0 bridgehead atoms. The lowest BCUT2D eigenvalue weighted by Crippen LogP contribution is -2.47. The molecule has 7 heteroatoms. The van der Waals surface area contributed by atoms with Gasteiger partial charge in [-0.25, -0.2) is 8.42 Å². The fourth-order valence-electron chi connectivity index (χ4n) is 2.92. The van der Waals surface area contributed by atoms with Crippen LogP contribution in [0.4, 0.5) is 11.4 Å². The van der Waals surface area contributed by atoms with Gasteiger partial charge in [-0.2, -0.15) is 0 Å². The highest BCUT2D eigenvalue weighted by atomic mass is 35.5. The third-order valence-corrected chi connectivity index (χ3v) is 5.33. The van der Waals surface area contributed by atoms with E-state index in [-0.39, 0.29) is 5.91 Å². The number of anilines is 2. The maximum atomic E-state index is 12.9. The molecule has 1 amide bonds. The van der Waals surface area contributed by atoms with Gasteiger partial charge in [0.25, 0.3) is 0 Å². The maximum Gasteiger partial charge on any atom is 0.248 e. The first-order valence-electron chi connectivity index (χ1n) is 8.26. The Balaban J connectivity index is 2.37. The molecule has 1 N–H and O–H groups in total. The van der Waals surface area contributed by atoms with E-state index in [4.69, 9.17) is 11.6 Å². The predicted molar refractivity (Wildman–Crippen MR) is 107 cm³/mol. The average Bonchev–Trinajstić information content (AvgIpc) is 2.51. The fourth-order valence-corrected chi connectivity index (χ4v) is 4.26. The molecule has 2 rings (SSSR count). The van der Waals surface area contributed by atoms with E-state index in [1.54, 1.807) is 31.2 Å². The first-order valence-corrected chi connectivity index (χ1v) is 10.5. The Bertz CT molecular complexity index is 875. The molecule has 2 aromatic carbocycles. The molecule has 0 fully saturated rings. The maximum absolute atomic E-state index is 12.9. The van der Waals surface area contributed by atoms with Crippen LogP contribution in [-0.4, -0.2) is 26.6 Å². The summed E-state index contributed by atoms with van der Waals surface area (Å²) in [5.41, 5.74) is 3.09. The van der Waals surface area contributed by atoms with E-state index in [9.17, 15) is 13.2 Å². The van der Waals surface area contributed by atoms with Crippen LogP contribution in [-0.2, 0) is 14.8 Å². The molecule has 0 heterocycles. The number of nitrogens with one attached hydrogen (secondary N) is 1. The first-order chi connectivity index (χ1) is 12.1. The zero-order valence-corrected chi connectivity index (χ0v) is 16.9. The Morgan fingerprint density at radius 3 is 2.12 bits per heavy atom. The van der Waals surface area contributed by atoms with Crippen LogP contribution in [0.25, 0.3) is 0 Å². The summed E-state index contributed by atoms with van der Waals surface area (Å²) >= 11 is 5.90. The van der Waals surface area contributed by atoms with E-state index < -0.39 is 16.1 Å². The normalized spacial score (nSPS) is 12.5. The number of rotatable bonds is 6. The van der Waals surface area contributed by atoms with Gasteiger partial charge < -0.3 is 5.32 Å². The van der Waals surface area contributed by atoms with Crippen molar-refractivity contribution in [2.75, 3.05) is 15.9 Å². The lowest BCUT2D eigenvalue weighted by molar-refractivity contribution is -0.117. The van der Waals surface area contributed by atoms with Gasteiger partial charge in [-0.3, -0.25) is 9.10 Å². The zero-order valence-electron chi connectivity index (χ0n) is 15.3. The van der Waals surface area contributed by atoms with Gasteiger partial charge in [0.2, 0.25) is 15.9 Å². The summed E-state index contributed by atoms with van der Waals surface area (Å²) in [5, 5.41) is 3.33. The third-order valence-electron chi connectivity index (χ3n) is 3.90. The molecule has 0 radical (unpaired) electrons. The second kappa shape index (κ2) is 8.10. The lowest BCUT2D eigenvalue weighted by atomic mass is 10.1. The monoisotopic (exact) mass is 394 g/mol. The van der Waals surface area contributed by atoms with Crippen LogP contribution in [0, 0.1) is 13.8 Å². The number of benzene rings is 2. The zero-order chi connectivity index (χ0) is 19.5. The number of carbonyl (C=O) groups excluding carboxylic acids is 1. The molecule has 0 aliphatic heterocycles. The molecule has 0 aliphatic rings. The summed E-state index contributed by atoms with van der Waals surface area (Å²) in [6.45, 7) is 5.66. The van der Waals surface area contributed by atoms with Crippen LogP contribution >= 0.6 is 11.6 Å². The van der Waals surface area contributed by atoms with E-state index in [1.165, 1.54) is 0 Å². The second-order valence-corrected chi connectivity index (χ2v) is 8.62. The van der Waals surface area contributed by atoms with Crippen molar-refractivity contribution < 1.29 is 13.2 Å². The highest BCUT2D eigenvalue weighted by molar-refractivity contribution is 7.92. The second-order valence-electron chi connectivity index (χ2n) is 6.32. The molecule has 0 aliphatic carbocycles. The van der Waals surface area contributed by atoms with Crippen LogP contribution < -0.4 is 9.62 Å². The van der Waals surface area contributed by atoms with E-state index in [1.807, 2.05) is 32.0 Å². The van der Waals surface area contributed by atoms with Crippen molar-refractivity contribution in [1.29, 1.82) is 0 Å². The van der Waals surface area contributed by atoms with E-state index in [0.29, 0.717) is 22.8 Å². The van der Waals surface area contributed by atoms with E-state index in [2.05, 4.69) is 5.32 Å². The highest BCUT2D eigenvalue weighted by Crippen LogP contribution is 2.25. The largest absolute Gasteiger partial charge is 0.324 e. The Hall–Kier alpha value is -2.05. The number of aryl methyl sites for hydroxylation is 2. The molecular weight excluding hydrogens is 372 g/mol. The van der Waals surface area contributed by atoms with E-state index in [0.717, 1.165) is 21.7 Å². The van der Waals surface area contributed by atoms with Crippen molar-refractivity contribution in [3.8, 4) is 0 Å². The Labute approximate surface area is 160 Å². The van der Waals surface area contributed by atoms with Crippen LogP contribution in [0.2, 0.25) is 5.02 Å². The van der Waals surface area contributed by atoms with Gasteiger partial charge >= 0.3 is 0 Å². The molecule has 1 atom stereocenters. The smallest absolute Gasteiger partial charge is 0.248 e. The number of hydrogen-bond donors (Lipinski definition) is 1. The summed E-state index contributed by atoms with van der Waals surface area (Å²) in [6.07, 6.45) is 1.42. The minimum atomic E-state index is -3.67. The van der Waals surface area contributed by atoms with Gasteiger partial charge in [-0.05, 0) is 67.8 Å². The molecule has 0 spiro atoms. The van der Waals surface area contributed by atoms with Crippen molar-refractivity contribution in [3.05, 3.63) is 58.6 Å². The number of amides is 1. The summed E-state index contributed by atoms with van der Waals surface area (Å²) in [6, 6.07) is 11.2. The Kier molecular flexibility index (Phi) is 6.31. The first kappa shape index (κ1) is 20.3. The topological polar surface area (TPSA) is 66.5 Å². The number of sulfonamides is 1. The van der Waals surface area contributed by atoms with Gasteiger partial charge in [0, 0.05) is 10.7 Å². The molecule has 0 saturated heterocycles. The summed E-state index contributed by atoms with van der Waals surface area (Å²) < 4.78 is 25.9. The Morgan fingerprint density at radius 1 is 1.12 bits per heavy atom. The summed E-state index contributed by atoms with van der Waals surface area (Å²) in [5.74, 6) is -0.377. The number of hydrogen-bond acceptors (Lipinski definition) is 3. The minimum absolute atomic E-state index is 0.326. The summed E-state index contributed by atoms with van der Waals surface area (Å²) in [7, 11) is -3.67. The van der Waals surface area contributed by atoms with Gasteiger partial charge in [0.05, 0.1) is 11.9 Å². The van der Waals surface area contributed by atoms with Crippen molar-refractivity contribution in [2.45, 2.75) is 33.2 Å². The molecular formula is C19H23ClN2O3S. The predicted octanol–water partition coefficient (Wildman–Crippen LogP) is 4.14. The average molecular weight is 395 g/mol.